The highest BCUT2D eigenvalue weighted by atomic mass is 35.5. The predicted molar refractivity (Wildman–Crippen MR) is 77.8 cm³/mol. The molecule has 0 radical (unpaired) electrons. The van der Waals surface area contributed by atoms with Gasteiger partial charge < -0.3 is 10.6 Å². The summed E-state index contributed by atoms with van der Waals surface area (Å²) in [5.74, 6) is 0. The monoisotopic (exact) mass is 266 g/mol. The van der Waals surface area contributed by atoms with E-state index < -0.39 is 0 Å². The van der Waals surface area contributed by atoms with Gasteiger partial charge in [-0.3, -0.25) is 0 Å². The molecule has 0 heterocycles. The first kappa shape index (κ1) is 13.9. The third-order valence-corrected chi connectivity index (χ3v) is 4.36. The van der Waals surface area contributed by atoms with Crippen LogP contribution >= 0.6 is 11.6 Å². The zero-order valence-corrected chi connectivity index (χ0v) is 11.9. The zero-order valence-electron chi connectivity index (χ0n) is 11.2. The van der Waals surface area contributed by atoms with E-state index in [4.69, 9.17) is 17.3 Å². The molecule has 2 rings (SSSR count). The van der Waals surface area contributed by atoms with Crippen LogP contribution in [0.1, 0.15) is 37.7 Å². The van der Waals surface area contributed by atoms with E-state index in [0.29, 0.717) is 0 Å². The number of nitrogens with two attached hydrogens (primary N) is 1. The molecule has 0 atom stereocenters. The van der Waals surface area contributed by atoms with Gasteiger partial charge in [0, 0.05) is 17.1 Å². The van der Waals surface area contributed by atoms with Crippen LogP contribution in [0, 0.1) is 0 Å². The minimum absolute atomic E-state index is 0.0920. The highest BCUT2D eigenvalue weighted by Crippen LogP contribution is 2.30. The number of hydrogen-bond acceptors (Lipinski definition) is 2. The summed E-state index contributed by atoms with van der Waals surface area (Å²) in [4.78, 5) is 2.31. The number of rotatable bonds is 5. The van der Waals surface area contributed by atoms with Gasteiger partial charge in [0.2, 0.25) is 0 Å². The van der Waals surface area contributed by atoms with Gasteiger partial charge in [-0.05, 0) is 44.5 Å². The van der Waals surface area contributed by atoms with E-state index in [0.717, 1.165) is 24.5 Å². The summed E-state index contributed by atoms with van der Waals surface area (Å²) >= 11 is 6.17. The van der Waals surface area contributed by atoms with Gasteiger partial charge in [-0.2, -0.15) is 0 Å². The van der Waals surface area contributed by atoms with E-state index >= 15 is 0 Å². The number of nitrogens with zero attached hydrogens (tertiary/aromatic N) is 1. The Morgan fingerprint density at radius 1 is 1.28 bits per heavy atom. The van der Waals surface area contributed by atoms with Crippen LogP contribution in [0.15, 0.2) is 24.3 Å². The van der Waals surface area contributed by atoms with Gasteiger partial charge in [-0.25, -0.2) is 0 Å². The van der Waals surface area contributed by atoms with Crippen molar-refractivity contribution >= 4 is 11.6 Å². The lowest BCUT2D eigenvalue weighted by Gasteiger charge is -2.27. The molecular formula is C15H23ClN2. The predicted octanol–water partition coefficient (Wildman–Crippen LogP) is 3.43. The summed E-state index contributed by atoms with van der Waals surface area (Å²) in [6, 6.07) is 8.05. The lowest BCUT2D eigenvalue weighted by Crippen LogP contribution is -2.39. The molecule has 3 heteroatoms. The molecule has 0 aliphatic heterocycles. The average molecular weight is 267 g/mol. The maximum absolute atomic E-state index is 6.38. The lowest BCUT2D eigenvalue weighted by atomic mass is 9.94. The van der Waals surface area contributed by atoms with Crippen molar-refractivity contribution in [2.45, 2.75) is 44.2 Å². The minimum atomic E-state index is 0.0920. The van der Waals surface area contributed by atoms with Gasteiger partial charge in [0.1, 0.15) is 0 Å². The molecule has 0 unspecified atom stereocenters. The molecule has 0 spiro atoms. The second-order valence-corrected chi connectivity index (χ2v) is 6.06. The molecule has 0 aromatic heterocycles. The second kappa shape index (κ2) is 6.05. The van der Waals surface area contributed by atoms with Crippen LogP contribution in [0.2, 0.25) is 5.02 Å². The lowest BCUT2D eigenvalue weighted by molar-refractivity contribution is 0.273. The number of halogens is 1. The summed E-state index contributed by atoms with van der Waals surface area (Å²) in [7, 11) is 2.14. The average Bonchev–Trinajstić information content (AvgIpc) is 2.77. The van der Waals surface area contributed by atoms with Crippen molar-refractivity contribution in [1.82, 2.24) is 4.90 Å². The van der Waals surface area contributed by atoms with Crippen LogP contribution in [-0.2, 0) is 6.54 Å². The second-order valence-electron chi connectivity index (χ2n) is 5.65. The Labute approximate surface area is 115 Å². The molecule has 1 fully saturated rings. The normalized spacial score (nSPS) is 18.4. The molecule has 1 aliphatic rings. The first-order chi connectivity index (χ1) is 8.59. The molecule has 0 saturated heterocycles. The number of hydrogen-bond donors (Lipinski definition) is 1. The van der Waals surface area contributed by atoms with E-state index in [1.165, 1.54) is 31.2 Å². The molecule has 1 aromatic carbocycles. The van der Waals surface area contributed by atoms with Crippen molar-refractivity contribution in [3.05, 3.63) is 34.9 Å². The third kappa shape index (κ3) is 3.71. The fourth-order valence-corrected chi connectivity index (χ4v) is 2.93. The van der Waals surface area contributed by atoms with Crippen molar-refractivity contribution < 1.29 is 0 Å². The van der Waals surface area contributed by atoms with Gasteiger partial charge in [-0.1, -0.05) is 42.6 Å². The maximum Gasteiger partial charge on any atom is 0.0451 e. The van der Waals surface area contributed by atoms with Gasteiger partial charge in [0.05, 0.1) is 0 Å². The van der Waals surface area contributed by atoms with Crippen LogP contribution in [0.4, 0.5) is 0 Å². The van der Waals surface area contributed by atoms with E-state index in [2.05, 4.69) is 18.0 Å². The third-order valence-electron chi connectivity index (χ3n) is 3.99. The maximum atomic E-state index is 6.38. The van der Waals surface area contributed by atoms with Crippen molar-refractivity contribution in [1.29, 1.82) is 0 Å². The smallest absolute Gasteiger partial charge is 0.0451 e. The van der Waals surface area contributed by atoms with Crippen LogP contribution in [0.5, 0.6) is 0 Å². The SMILES string of the molecule is CN(CCC1(N)CCCC1)Cc1ccccc1Cl. The highest BCUT2D eigenvalue weighted by molar-refractivity contribution is 6.31. The van der Waals surface area contributed by atoms with E-state index in [9.17, 15) is 0 Å². The van der Waals surface area contributed by atoms with E-state index in [1.807, 2.05) is 18.2 Å². The Hall–Kier alpha value is -0.570. The Morgan fingerprint density at radius 3 is 2.61 bits per heavy atom. The van der Waals surface area contributed by atoms with Crippen molar-refractivity contribution in [3.63, 3.8) is 0 Å². The Bertz CT molecular complexity index is 386. The molecule has 18 heavy (non-hydrogen) atoms. The van der Waals surface area contributed by atoms with Crippen LogP contribution in [0.3, 0.4) is 0 Å². The minimum Gasteiger partial charge on any atom is -0.325 e. The quantitative estimate of drug-likeness (QED) is 0.885. The summed E-state index contributed by atoms with van der Waals surface area (Å²) < 4.78 is 0. The van der Waals surface area contributed by atoms with Crippen molar-refractivity contribution in [3.8, 4) is 0 Å². The van der Waals surface area contributed by atoms with Gasteiger partial charge in [0.25, 0.3) is 0 Å². The Morgan fingerprint density at radius 2 is 1.94 bits per heavy atom. The summed E-state index contributed by atoms with van der Waals surface area (Å²) in [6.45, 7) is 1.94. The van der Waals surface area contributed by atoms with Crippen molar-refractivity contribution in [2.24, 2.45) is 5.73 Å². The molecule has 2 N–H and O–H groups in total. The largest absolute Gasteiger partial charge is 0.325 e. The molecule has 0 amide bonds. The molecular weight excluding hydrogens is 244 g/mol. The summed E-state index contributed by atoms with van der Waals surface area (Å²) in [6.07, 6.45) is 6.06. The Balaban J connectivity index is 1.82. The van der Waals surface area contributed by atoms with Gasteiger partial charge in [0.15, 0.2) is 0 Å². The summed E-state index contributed by atoms with van der Waals surface area (Å²) in [5, 5.41) is 0.854. The van der Waals surface area contributed by atoms with E-state index in [1.54, 1.807) is 0 Å². The highest BCUT2D eigenvalue weighted by Gasteiger charge is 2.28. The van der Waals surface area contributed by atoms with Crippen LogP contribution in [-0.4, -0.2) is 24.0 Å². The fourth-order valence-electron chi connectivity index (χ4n) is 2.74. The van der Waals surface area contributed by atoms with Gasteiger partial charge >= 0.3 is 0 Å². The molecule has 100 valence electrons. The Kier molecular flexibility index (Phi) is 4.66. The van der Waals surface area contributed by atoms with Gasteiger partial charge in [-0.15, -0.1) is 0 Å². The number of benzene rings is 1. The van der Waals surface area contributed by atoms with Crippen LogP contribution < -0.4 is 5.73 Å². The molecule has 2 nitrogen and oxygen atoms in total. The zero-order chi connectivity index (χ0) is 13.0. The topological polar surface area (TPSA) is 29.3 Å². The molecule has 0 bridgehead atoms. The molecule has 1 aromatic rings. The standard InChI is InChI=1S/C15H23ClN2/c1-18(11-10-15(17)8-4-5-9-15)12-13-6-2-3-7-14(13)16/h2-3,6-7H,4-5,8-12,17H2,1H3. The first-order valence-electron chi connectivity index (χ1n) is 6.80. The fraction of sp³-hybridized carbons (Fsp3) is 0.600. The molecule has 1 saturated carbocycles. The van der Waals surface area contributed by atoms with Crippen molar-refractivity contribution in [2.75, 3.05) is 13.6 Å². The van der Waals surface area contributed by atoms with E-state index in [-0.39, 0.29) is 5.54 Å². The van der Waals surface area contributed by atoms with Crippen LogP contribution in [0.25, 0.3) is 0 Å². The molecule has 1 aliphatic carbocycles. The summed E-state index contributed by atoms with van der Waals surface area (Å²) in [5.41, 5.74) is 7.66. The first-order valence-corrected chi connectivity index (χ1v) is 7.18.